The van der Waals surface area contributed by atoms with Crippen molar-refractivity contribution in [2.45, 2.75) is 6.92 Å². The third kappa shape index (κ3) is 3.01. The van der Waals surface area contributed by atoms with E-state index < -0.39 is 0 Å². The number of halogens is 1. The van der Waals surface area contributed by atoms with Crippen molar-refractivity contribution in [3.63, 3.8) is 0 Å². The van der Waals surface area contributed by atoms with E-state index in [1.807, 2.05) is 37.3 Å². The van der Waals surface area contributed by atoms with Gasteiger partial charge in [0.15, 0.2) is 0 Å². The highest BCUT2D eigenvalue weighted by Gasteiger charge is 2.06. The molecule has 18 heavy (non-hydrogen) atoms. The molecule has 0 heterocycles. The third-order valence-electron chi connectivity index (χ3n) is 2.62. The first-order valence-electron chi connectivity index (χ1n) is 5.49. The lowest BCUT2D eigenvalue weighted by atomic mass is 10.1. The van der Waals surface area contributed by atoms with Gasteiger partial charge in [-0.25, -0.2) is 0 Å². The molecule has 0 aromatic heterocycles. The summed E-state index contributed by atoms with van der Waals surface area (Å²) < 4.78 is 1.03. The molecule has 0 fully saturated rings. The lowest BCUT2D eigenvalue weighted by molar-refractivity contribution is 0.102. The van der Waals surface area contributed by atoms with Crippen molar-refractivity contribution in [2.75, 3.05) is 11.1 Å². The van der Waals surface area contributed by atoms with Gasteiger partial charge in [0, 0.05) is 20.5 Å². The van der Waals surface area contributed by atoms with Crippen LogP contribution in [0.15, 0.2) is 42.5 Å². The molecule has 2 aromatic carbocycles. The van der Waals surface area contributed by atoms with Crippen LogP contribution in [-0.2, 0) is 0 Å². The van der Waals surface area contributed by atoms with Crippen LogP contribution in [0.5, 0.6) is 0 Å². The van der Waals surface area contributed by atoms with Gasteiger partial charge in [-0.05, 0) is 65.4 Å². The Bertz CT molecular complexity index is 596. The van der Waals surface area contributed by atoms with Crippen molar-refractivity contribution in [1.29, 1.82) is 0 Å². The summed E-state index contributed by atoms with van der Waals surface area (Å²) in [4.78, 5) is 12.0. The Balaban J connectivity index is 2.18. The van der Waals surface area contributed by atoms with Gasteiger partial charge in [-0.15, -0.1) is 0 Å². The predicted molar refractivity (Wildman–Crippen MR) is 82.7 cm³/mol. The largest absolute Gasteiger partial charge is 0.398 e. The van der Waals surface area contributed by atoms with E-state index in [9.17, 15) is 4.79 Å². The molecule has 0 aliphatic heterocycles. The summed E-state index contributed by atoms with van der Waals surface area (Å²) in [6.45, 7) is 1.93. The molecule has 3 nitrogen and oxygen atoms in total. The fourth-order valence-electron chi connectivity index (χ4n) is 1.55. The van der Waals surface area contributed by atoms with Crippen LogP contribution in [-0.4, -0.2) is 5.91 Å². The highest BCUT2D eigenvalue weighted by Crippen LogP contribution is 2.18. The maximum absolute atomic E-state index is 12.0. The van der Waals surface area contributed by atoms with Crippen LogP contribution >= 0.6 is 22.6 Å². The Hall–Kier alpha value is -1.56. The molecule has 0 atom stereocenters. The number of hydrogen-bond donors (Lipinski definition) is 2. The van der Waals surface area contributed by atoms with Gasteiger partial charge in [-0.1, -0.05) is 12.1 Å². The van der Waals surface area contributed by atoms with Crippen molar-refractivity contribution >= 4 is 39.9 Å². The second-order valence-electron chi connectivity index (χ2n) is 4.04. The minimum atomic E-state index is -0.128. The number of aryl methyl sites for hydroxylation is 1. The molecule has 4 heteroatoms. The summed E-state index contributed by atoms with van der Waals surface area (Å²) in [6.07, 6.45) is 0. The van der Waals surface area contributed by atoms with E-state index in [2.05, 4.69) is 27.9 Å². The topological polar surface area (TPSA) is 55.1 Å². The predicted octanol–water partition coefficient (Wildman–Crippen LogP) is 3.43. The molecule has 0 radical (unpaired) electrons. The molecule has 92 valence electrons. The molecular formula is C14H13IN2O. The van der Waals surface area contributed by atoms with E-state index in [0.717, 1.165) is 9.13 Å². The molecule has 2 rings (SSSR count). The van der Waals surface area contributed by atoms with Crippen LogP contribution in [0.1, 0.15) is 15.9 Å². The molecule has 0 bridgehead atoms. The Morgan fingerprint density at radius 2 is 2.00 bits per heavy atom. The molecule has 2 aromatic rings. The number of nitrogen functional groups attached to an aromatic ring is 1. The number of amides is 1. The van der Waals surface area contributed by atoms with Crippen molar-refractivity contribution < 1.29 is 4.79 Å². The maximum Gasteiger partial charge on any atom is 0.255 e. The second-order valence-corrected chi connectivity index (χ2v) is 5.28. The lowest BCUT2D eigenvalue weighted by Crippen LogP contribution is -2.12. The van der Waals surface area contributed by atoms with Gasteiger partial charge < -0.3 is 11.1 Å². The SMILES string of the molecule is Cc1ccc(NC(=O)c2cccc(I)c2)cc1N. The van der Waals surface area contributed by atoms with Crippen LogP contribution in [0.4, 0.5) is 11.4 Å². The smallest absolute Gasteiger partial charge is 0.255 e. The Kier molecular flexibility index (Phi) is 3.86. The third-order valence-corrected chi connectivity index (χ3v) is 3.29. The van der Waals surface area contributed by atoms with Gasteiger partial charge in [-0.2, -0.15) is 0 Å². The molecule has 0 spiro atoms. The zero-order valence-corrected chi connectivity index (χ0v) is 12.1. The first-order chi connectivity index (χ1) is 8.56. The molecular weight excluding hydrogens is 339 g/mol. The van der Waals surface area contributed by atoms with Gasteiger partial charge in [0.25, 0.3) is 5.91 Å². The van der Waals surface area contributed by atoms with Gasteiger partial charge in [0.2, 0.25) is 0 Å². The summed E-state index contributed by atoms with van der Waals surface area (Å²) in [5, 5.41) is 2.83. The number of anilines is 2. The van der Waals surface area contributed by atoms with E-state index in [4.69, 9.17) is 5.73 Å². The van der Waals surface area contributed by atoms with Crippen molar-refractivity contribution in [3.05, 3.63) is 57.2 Å². The van der Waals surface area contributed by atoms with E-state index >= 15 is 0 Å². The molecule has 1 amide bonds. The lowest BCUT2D eigenvalue weighted by Gasteiger charge is -2.07. The van der Waals surface area contributed by atoms with Crippen LogP contribution in [0.3, 0.4) is 0 Å². The molecule has 0 aliphatic rings. The average Bonchev–Trinajstić information content (AvgIpc) is 2.34. The fourth-order valence-corrected chi connectivity index (χ4v) is 2.09. The Labute approximate surface area is 120 Å². The van der Waals surface area contributed by atoms with Crippen LogP contribution in [0.25, 0.3) is 0 Å². The zero-order valence-electron chi connectivity index (χ0n) is 9.91. The molecule has 0 unspecified atom stereocenters. The molecule has 0 saturated carbocycles. The monoisotopic (exact) mass is 352 g/mol. The molecule has 0 saturated heterocycles. The van der Waals surface area contributed by atoms with E-state index in [0.29, 0.717) is 16.9 Å². The highest BCUT2D eigenvalue weighted by atomic mass is 127. The van der Waals surface area contributed by atoms with Crippen molar-refractivity contribution in [3.8, 4) is 0 Å². The summed E-state index contributed by atoms with van der Waals surface area (Å²) in [5.74, 6) is -0.128. The average molecular weight is 352 g/mol. The summed E-state index contributed by atoms with van der Waals surface area (Å²) in [7, 11) is 0. The standard InChI is InChI=1S/C14H13IN2O/c1-9-5-6-12(8-13(9)16)17-14(18)10-3-2-4-11(15)7-10/h2-8H,16H2,1H3,(H,17,18). The number of nitrogens with one attached hydrogen (secondary N) is 1. The Morgan fingerprint density at radius 3 is 2.67 bits per heavy atom. The van der Waals surface area contributed by atoms with Gasteiger partial charge in [0.05, 0.1) is 0 Å². The second kappa shape index (κ2) is 5.39. The number of carbonyl (C=O) groups is 1. The number of carbonyl (C=O) groups excluding carboxylic acids is 1. The van der Waals surface area contributed by atoms with Crippen molar-refractivity contribution in [2.24, 2.45) is 0 Å². The minimum Gasteiger partial charge on any atom is -0.398 e. The van der Waals surface area contributed by atoms with Crippen LogP contribution < -0.4 is 11.1 Å². The molecule has 0 aliphatic carbocycles. The molecule has 3 N–H and O–H groups in total. The highest BCUT2D eigenvalue weighted by molar-refractivity contribution is 14.1. The number of rotatable bonds is 2. The van der Waals surface area contributed by atoms with E-state index in [1.165, 1.54) is 0 Å². The van der Waals surface area contributed by atoms with Crippen molar-refractivity contribution in [1.82, 2.24) is 0 Å². The summed E-state index contributed by atoms with van der Waals surface area (Å²) >= 11 is 2.18. The quantitative estimate of drug-likeness (QED) is 0.643. The van der Waals surface area contributed by atoms with Crippen LogP contribution in [0.2, 0.25) is 0 Å². The maximum atomic E-state index is 12.0. The van der Waals surface area contributed by atoms with Crippen LogP contribution in [0, 0.1) is 10.5 Å². The minimum absolute atomic E-state index is 0.128. The fraction of sp³-hybridized carbons (Fsp3) is 0.0714. The van der Waals surface area contributed by atoms with Gasteiger partial charge in [0.1, 0.15) is 0 Å². The normalized spacial score (nSPS) is 10.1. The summed E-state index contributed by atoms with van der Waals surface area (Å²) in [5.41, 5.74) is 8.84. The summed E-state index contributed by atoms with van der Waals surface area (Å²) in [6, 6.07) is 12.9. The van der Waals surface area contributed by atoms with Gasteiger partial charge >= 0.3 is 0 Å². The van der Waals surface area contributed by atoms with E-state index in [-0.39, 0.29) is 5.91 Å². The number of nitrogens with two attached hydrogens (primary N) is 1. The number of hydrogen-bond acceptors (Lipinski definition) is 2. The zero-order chi connectivity index (χ0) is 13.1. The first-order valence-corrected chi connectivity index (χ1v) is 6.57. The Morgan fingerprint density at radius 1 is 1.22 bits per heavy atom. The van der Waals surface area contributed by atoms with E-state index in [1.54, 1.807) is 12.1 Å². The first kappa shape index (κ1) is 12.9. The number of benzene rings is 2. The van der Waals surface area contributed by atoms with Gasteiger partial charge in [-0.3, -0.25) is 4.79 Å².